The highest BCUT2D eigenvalue weighted by Crippen LogP contribution is 2.10. The molecule has 0 bridgehead atoms. The number of aliphatic hydroxyl groups is 2. The van der Waals surface area contributed by atoms with Crippen LogP contribution in [0, 0.1) is 5.92 Å². The van der Waals surface area contributed by atoms with Gasteiger partial charge in [0.25, 0.3) is 0 Å². The van der Waals surface area contributed by atoms with Gasteiger partial charge in [0.2, 0.25) is 0 Å². The normalized spacial score (nSPS) is 12.9. The maximum atomic E-state index is 11.5. The molecular weight excluding hydrogens is 168 g/mol. The molecule has 0 fully saturated rings. The Bertz CT molecular complexity index is 279. The number of Topliss-reactive ketones (excluding diaryl/α,β-unsaturated/α-hetero) is 1. The summed E-state index contributed by atoms with van der Waals surface area (Å²) >= 11 is 0. The average molecular weight is 180 g/mol. The van der Waals surface area contributed by atoms with Crippen LogP contribution in [0.15, 0.2) is 30.3 Å². The lowest BCUT2D eigenvalue weighted by Crippen LogP contribution is -2.25. The van der Waals surface area contributed by atoms with Crippen LogP contribution < -0.4 is 0 Å². The fourth-order valence-corrected chi connectivity index (χ4v) is 1.00. The summed E-state index contributed by atoms with van der Waals surface area (Å²) in [5.41, 5.74) is 0.503. The van der Waals surface area contributed by atoms with Gasteiger partial charge in [-0.05, 0) is 0 Å². The molecule has 3 nitrogen and oxygen atoms in total. The molecule has 0 heterocycles. The van der Waals surface area contributed by atoms with Crippen molar-refractivity contribution < 1.29 is 15.0 Å². The van der Waals surface area contributed by atoms with E-state index in [1.165, 1.54) is 6.92 Å². The van der Waals surface area contributed by atoms with Crippen molar-refractivity contribution in [3.05, 3.63) is 35.9 Å². The van der Waals surface area contributed by atoms with Crippen LogP contribution >= 0.6 is 0 Å². The second kappa shape index (κ2) is 4.16. The quantitative estimate of drug-likeness (QED) is 0.534. The highest BCUT2D eigenvalue weighted by atomic mass is 16.5. The molecule has 0 aliphatic carbocycles. The molecule has 0 aromatic heterocycles. The first-order valence-corrected chi connectivity index (χ1v) is 4.08. The Morgan fingerprint density at radius 1 is 1.23 bits per heavy atom. The number of carbonyl (C=O) groups excluding carboxylic acids is 1. The molecule has 2 N–H and O–H groups in total. The van der Waals surface area contributed by atoms with Crippen molar-refractivity contribution >= 4 is 5.78 Å². The first kappa shape index (κ1) is 9.89. The van der Waals surface area contributed by atoms with Gasteiger partial charge < -0.3 is 10.2 Å². The summed E-state index contributed by atoms with van der Waals surface area (Å²) in [7, 11) is 0. The standard InChI is InChI=1S/C10H12O3/c1-7(10(12)13)9(11)8-5-3-2-4-6-8/h2-7,10,12-13H,1H3. The molecule has 0 radical (unpaired) electrons. The maximum absolute atomic E-state index is 11.5. The molecule has 1 aromatic rings. The number of carbonyl (C=O) groups is 1. The molecule has 1 unspecified atom stereocenters. The summed E-state index contributed by atoms with van der Waals surface area (Å²) in [6, 6.07) is 8.59. The molecule has 0 amide bonds. The van der Waals surface area contributed by atoms with E-state index in [9.17, 15) is 4.79 Å². The van der Waals surface area contributed by atoms with Crippen molar-refractivity contribution in [1.82, 2.24) is 0 Å². The highest BCUT2D eigenvalue weighted by molar-refractivity contribution is 5.97. The van der Waals surface area contributed by atoms with E-state index in [0.29, 0.717) is 5.56 Å². The van der Waals surface area contributed by atoms with E-state index in [1.54, 1.807) is 30.3 Å². The SMILES string of the molecule is CC(C(=O)c1ccccc1)C(O)O. The zero-order valence-corrected chi connectivity index (χ0v) is 7.34. The minimum absolute atomic E-state index is 0.254. The first-order valence-electron chi connectivity index (χ1n) is 4.08. The van der Waals surface area contributed by atoms with Gasteiger partial charge in [-0.2, -0.15) is 0 Å². The second-order valence-electron chi connectivity index (χ2n) is 2.93. The summed E-state index contributed by atoms with van der Waals surface area (Å²) in [6.45, 7) is 1.49. The summed E-state index contributed by atoms with van der Waals surface area (Å²) in [5, 5.41) is 17.6. The van der Waals surface area contributed by atoms with Crippen LogP contribution in [0.1, 0.15) is 17.3 Å². The predicted octanol–water partition coefficient (Wildman–Crippen LogP) is 0.816. The van der Waals surface area contributed by atoms with Gasteiger partial charge >= 0.3 is 0 Å². The summed E-state index contributed by atoms with van der Waals surface area (Å²) < 4.78 is 0. The van der Waals surface area contributed by atoms with Crippen molar-refractivity contribution in [2.75, 3.05) is 0 Å². The Labute approximate surface area is 76.6 Å². The van der Waals surface area contributed by atoms with Crippen LogP contribution in [0.25, 0.3) is 0 Å². The summed E-state index contributed by atoms with van der Waals surface area (Å²) in [5.74, 6) is -1.03. The number of benzene rings is 1. The number of aliphatic hydroxyl groups excluding tert-OH is 1. The maximum Gasteiger partial charge on any atom is 0.170 e. The predicted molar refractivity (Wildman–Crippen MR) is 48.2 cm³/mol. The van der Waals surface area contributed by atoms with Crippen LogP contribution in [0.3, 0.4) is 0 Å². The zero-order valence-electron chi connectivity index (χ0n) is 7.34. The van der Waals surface area contributed by atoms with Gasteiger partial charge in [0.1, 0.15) is 0 Å². The molecule has 1 aromatic carbocycles. The van der Waals surface area contributed by atoms with E-state index in [0.717, 1.165) is 0 Å². The van der Waals surface area contributed by atoms with Crippen molar-refractivity contribution in [3.63, 3.8) is 0 Å². The third kappa shape index (κ3) is 2.37. The Balaban J connectivity index is 2.80. The fourth-order valence-electron chi connectivity index (χ4n) is 1.00. The molecule has 0 spiro atoms. The van der Waals surface area contributed by atoms with Gasteiger partial charge in [0.05, 0.1) is 5.92 Å². The van der Waals surface area contributed by atoms with E-state index in [1.807, 2.05) is 0 Å². The third-order valence-corrected chi connectivity index (χ3v) is 1.92. The lowest BCUT2D eigenvalue weighted by atomic mass is 9.99. The molecule has 70 valence electrons. The van der Waals surface area contributed by atoms with Gasteiger partial charge in [-0.15, -0.1) is 0 Å². The van der Waals surface area contributed by atoms with E-state index < -0.39 is 12.2 Å². The number of hydrogen-bond acceptors (Lipinski definition) is 3. The molecule has 13 heavy (non-hydrogen) atoms. The largest absolute Gasteiger partial charge is 0.368 e. The topological polar surface area (TPSA) is 57.5 Å². The Hall–Kier alpha value is -1.19. The van der Waals surface area contributed by atoms with Gasteiger partial charge in [-0.3, -0.25) is 4.79 Å². The monoisotopic (exact) mass is 180 g/mol. The lowest BCUT2D eigenvalue weighted by molar-refractivity contribution is -0.0678. The van der Waals surface area contributed by atoms with Crippen LogP contribution in [0.5, 0.6) is 0 Å². The van der Waals surface area contributed by atoms with Gasteiger partial charge in [-0.25, -0.2) is 0 Å². The van der Waals surface area contributed by atoms with Gasteiger partial charge in [0, 0.05) is 5.56 Å². The number of ketones is 1. The first-order chi connectivity index (χ1) is 6.13. The molecular formula is C10H12O3. The Kier molecular flexibility index (Phi) is 3.17. The second-order valence-corrected chi connectivity index (χ2v) is 2.93. The van der Waals surface area contributed by atoms with Gasteiger partial charge in [-0.1, -0.05) is 37.3 Å². The smallest absolute Gasteiger partial charge is 0.170 e. The van der Waals surface area contributed by atoms with Crippen molar-refractivity contribution in [1.29, 1.82) is 0 Å². The average Bonchev–Trinajstić information content (AvgIpc) is 2.17. The number of rotatable bonds is 3. The third-order valence-electron chi connectivity index (χ3n) is 1.92. The van der Waals surface area contributed by atoms with E-state index in [2.05, 4.69) is 0 Å². The van der Waals surface area contributed by atoms with Crippen molar-refractivity contribution in [3.8, 4) is 0 Å². The van der Waals surface area contributed by atoms with Crippen LogP contribution in [0.4, 0.5) is 0 Å². The van der Waals surface area contributed by atoms with Crippen LogP contribution in [-0.4, -0.2) is 22.3 Å². The minimum Gasteiger partial charge on any atom is -0.368 e. The van der Waals surface area contributed by atoms with Crippen LogP contribution in [-0.2, 0) is 0 Å². The van der Waals surface area contributed by atoms with E-state index in [-0.39, 0.29) is 5.78 Å². The van der Waals surface area contributed by atoms with Gasteiger partial charge in [0.15, 0.2) is 12.1 Å². The lowest BCUT2D eigenvalue weighted by Gasteiger charge is -2.11. The summed E-state index contributed by atoms with van der Waals surface area (Å²) in [4.78, 5) is 11.5. The molecule has 0 aliphatic heterocycles. The molecule has 0 aliphatic rings. The van der Waals surface area contributed by atoms with E-state index >= 15 is 0 Å². The molecule has 1 atom stereocenters. The Morgan fingerprint density at radius 2 is 1.77 bits per heavy atom. The molecule has 0 saturated heterocycles. The zero-order chi connectivity index (χ0) is 9.84. The summed E-state index contributed by atoms with van der Waals surface area (Å²) in [6.07, 6.45) is -1.59. The number of hydrogen-bond donors (Lipinski definition) is 2. The molecule has 1 rings (SSSR count). The fraction of sp³-hybridized carbons (Fsp3) is 0.300. The van der Waals surface area contributed by atoms with Crippen molar-refractivity contribution in [2.24, 2.45) is 5.92 Å². The van der Waals surface area contributed by atoms with E-state index in [4.69, 9.17) is 10.2 Å². The molecule has 3 heteroatoms. The highest BCUT2D eigenvalue weighted by Gasteiger charge is 2.20. The Morgan fingerprint density at radius 3 is 2.23 bits per heavy atom. The minimum atomic E-state index is -1.59. The molecule has 0 saturated carbocycles. The van der Waals surface area contributed by atoms with Crippen molar-refractivity contribution in [2.45, 2.75) is 13.2 Å². The van der Waals surface area contributed by atoms with Crippen LogP contribution in [0.2, 0.25) is 0 Å².